The molecule has 0 saturated heterocycles. The lowest BCUT2D eigenvalue weighted by Gasteiger charge is -2.36. The maximum Gasteiger partial charge on any atom is 0.160 e. The van der Waals surface area contributed by atoms with Gasteiger partial charge in [-0.2, -0.15) is 0 Å². The Morgan fingerprint density at radius 2 is 0.985 bits per heavy atom. The van der Waals surface area contributed by atoms with Crippen LogP contribution in [0.5, 0.6) is 0 Å². The number of rotatable bonds is 6. The van der Waals surface area contributed by atoms with E-state index in [-0.39, 0.29) is 5.41 Å². The molecule has 1 saturated carbocycles. The number of fused-ring (bicyclic) bond motifs is 11. The van der Waals surface area contributed by atoms with Crippen molar-refractivity contribution >= 4 is 43.7 Å². The van der Waals surface area contributed by atoms with Crippen LogP contribution in [0.2, 0.25) is 0 Å². The first-order valence-corrected chi connectivity index (χ1v) is 24.0. The first-order valence-electron chi connectivity index (χ1n) is 24.0. The summed E-state index contributed by atoms with van der Waals surface area (Å²) in [7, 11) is 0. The average Bonchev–Trinajstić information content (AvgIpc) is 4.03. The van der Waals surface area contributed by atoms with E-state index in [2.05, 4.69) is 205 Å². The quantitative estimate of drug-likeness (QED) is 0.167. The maximum atomic E-state index is 6.53. The molecule has 0 unspecified atom stereocenters. The summed E-state index contributed by atoms with van der Waals surface area (Å²) in [5.41, 5.74) is 20.5. The fourth-order valence-electron chi connectivity index (χ4n) is 11.7. The van der Waals surface area contributed by atoms with Gasteiger partial charge in [0.1, 0.15) is 11.2 Å². The Kier molecular flexibility index (Phi) is 8.79. The third-order valence-corrected chi connectivity index (χ3v) is 15.0. The highest BCUT2D eigenvalue weighted by Crippen LogP contribution is 2.57. The van der Waals surface area contributed by atoms with Gasteiger partial charge in [0, 0.05) is 55.4 Å². The molecule has 2 aliphatic carbocycles. The molecule has 0 N–H and O–H groups in total. The van der Waals surface area contributed by atoms with E-state index in [1.807, 2.05) is 12.1 Å². The van der Waals surface area contributed by atoms with Crippen molar-refractivity contribution in [2.24, 2.45) is 0 Å². The molecule has 3 aromatic heterocycles. The van der Waals surface area contributed by atoms with E-state index in [0.717, 1.165) is 72.4 Å². The van der Waals surface area contributed by atoms with Crippen molar-refractivity contribution in [1.82, 2.24) is 14.5 Å². The summed E-state index contributed by atoms with van der Waals surface area (Å²) in [6, 6.07) is 76.9. The van der Waals surface area contributed by atoms with Gasteiger partial charge in [0.05, 0.1) is 22.4 Å². The van der Waals surface area contributed by atoms with Gasteiger partial charge in [-0.1, -0.05) is 177 Å². The second kappa shape index (κ2) is 15.4. The normalized spacial score (nSPS) is 14.0. The second-order valence-electron chi connectivity index (χ2n) is 18.8. The summed E-state index contributed by atoms with van der Waals surface area (Å²) >= 11 is 0. The van der Waals surface area contributed by atoms with Gasteiger partial charge in [-0.25, -0.2) is 9.97 Å². The van der Waals surface area contributed by atoms with E-state index >= 15 is 0 Å². The van der Waals surface area contributed by atoms with Crippen LogP contribution in [0.3, 0.4) is 0 Å². The summed E-state index contributed by atoms with van der Waals surface area (Å²) in [6.45, 7) is 0. The van der Waals surface area contributed by atoms with Crippen LogP contribution < -0.4 is 0 Å². The van der Waals surface area contributed by atoms with Crippen LogP contribution in [0, 0.1) is 0 Å². The summed E-state index contributed by atoms with van der Waals surface area (Å²) in [4.78, 5) is 10.4. The first-order chi connectivity index (χ1) is 33.6. The minimum atomic E-state index is 0.0627. The summed E-state index contributed by atoms with van der Waals surface area (Å²) < 4.78 is 9.01. The molecule has 0 bridgehead atoms. The molecule has 68 heavy (non-hydrogen) atoms. The van der Waals surface area contributed by atoms with Gasteiger partial charge in [-0.3, -0.25) is 0 Å². The van der Waals surface area contributed by atoms with Crippen LogP contribution in [0.1, 0.15) is 43.2 Å². The van der Waals surface area contributed by atoms with Crippen molar-refractivity contribution in [2.75, 3.05) is 0 Å². The zero-order valence-electron chi connectivity index (χ0n) is 37.5. The monoisotopic (exact) mass is 871 g/mol. The van der Waals surface area contributed by atoms with Crippen molar-refractivity contribution < 1.29 is 4.42 Å². The Bertz CT molecular complexity index is 3930. The minimum absolute atomic E-state index is 0.0627. The standard InChI is InChI=1S/C64H45N3O/c1-4-15-41(16-5-1)42-25-27-44(28-26-42)63-65-57(43-17-6-2-7-18-43)40-58(66-63)47-20-14-19-45(35-47)46-29-31-50-54-38-56-53(49-21-8-10-23-55(49)64(56)33-12-3-13-34-64)39-60(54)67(59(50)36-46)48-30-32-52-51-22-9-11-24-61(51)68-62(52)37-48/h1-2,4-11,14-32,35-40H,3,12-13,33-34H2. The molecule has 4 heteroatoms. The smallest absolute Gasteiger partial charge is 0.160 e. The molecule has 0 atom stereocenters. The third kappa shape index (κ3) is 6.14. The van der Waals surface area contributed by atoms with Crippen molar-refractivity contribution in [3.05, 3.63) is 223 Å². The highest BCUT2D eigenvalue weighted by Gasteiger charge is 2.44. The summed E-state index contributed by atoms with van der Waals surface area (Å²) in [6.07, 6.45) is 6.24. The molecule has 0 amide bonds. The molecule has 3 heterocycles. The zero-order valence-corrected chi connectivity index (χ0v) is 37.5. The van der Waals surface area contributed by atoms with E-state index in [0.29, 0.717) is 5.82 Å². The summed E-state index contributed by atoms with van der Waals surface area (Å²) in [5.74, 6) is 0.697. The summed E-state index contributed by atoms with van der Waals surface area (Å²) in [5, 5.41) is 4.81. The third-order valence-electron chi connectivity index (χ3n) is 15.0. The fourth-order valence-corrected chi connectivity index (χ4v) is 11.7. The van der Waals surface area contributed by atoms with Crippen LogP contribution in [-0.4, -0.2) is 14.5 Å². The fraction of sp³-hybridized carbons (Fsp3) is 0.0938. The molecular weight excluding hydrogens is 827 g/mol. The minimum Gasteiger partial charge on any atom is -0.456 e. The number of furan rings is 1. The lowest BCUT2D eigenvalue weighted by molar-refractivity contribution is 0.353. The maximum absolute atomic E-state index is 6.53. The van der Waals surface area contributed by atoms with E-state index in [1.165, 1.54) is 81.7 Å². The number of benzene rings is 9. The van der Waals surface area contributed by atoms with Gasteiger partial charge in [0.25, 0.3) is 0 Å². The van der Waals surface area contributed by atoms with Crippen LogP contribution >= 0.6 is 0 Å². The molecule has 2 aliphatic rings. The lowest BCUT2D eigenvalue weighted by Crippen LogP contribution is -2.27. The van der Waals surface area contributed by atoms with Gasteiger partial charge in [0.15, 0.2) is 5.82 Å². The highest BCUT2D eigenvalue weighted by atomic mass is 16.3. The van der Waals surface area contributed by atoms with Crippen LogP contribution in [0.4, 0.5) is 0 Å². The van der Waals surface area contributed by atoms with E-state index in [9.17, 15) is 0 Å². The Morgan fingerprint density at radius 3 is 1.82 bits per heavy atom. The Balaban J connectivity index is 0.936. The van der Waals surface area contributed by atoms with Crippen molar-refractivity contribution in [3.63, 3.8) is 0 Å². The molecule has 0 radical (unpaired) electrons. The van der Waals surface area contributed by atoms with E-state index in [1.54, 1.807) is 0 Å². The van der Waals surface area contributed by atoms with Crippen LogP contribution in [0.25, 0.3) is 117 Å². The lowest BCUT2D eigenvalue weighted by atomic mass is 9.68. The molecule has 12 aromatic rings. The van der Waals surface area contributed by atoms with E-state index in [4.69, 9.17) is 14.4 Å². The Hall–Kier alpha value is -8.34. The zero-order chi connectivity index (χ0) is 44.8. The first kappa shape index (κ1) is 38.9. The molecule has 4 nitrogen and oxygen atoms in total. The molecule has 1 fully saturated rings. The van der Waals surface area contributed by atoms with Gasteiger partial charge in [0.2, 0.25) is 0 Å². The van der Waals surface area contributed by atoms with Crippen molar-refractivity contribution in [1.29, 1.82) is 0 Å². The molecule has 14 rings (SSSR count). The van der Waals surface area contributed by atoms with E-state index < -0.39 is 0 Å². The number of hydrogen-bond donors (Lipinski definition) is 0. The van der Waals surface area contributed by atoms with Crippen molar-refractivity contribution in [2.45, 2.75) is 37.5 Å². The molecule has 9 aromatic carbocycles. The van der Waals surface area contributed by atoms with Crippen LogP contribution in [-0.2, 0) is 5.41 Å². The van der Waals surface area contributed by atoms with Gasteiger partial charge < -0.3 is 8.98 Å². The number of nitrogens with zero attached hydrogens (tertiary/aromatic N) is 3. The second-order valence-corrected chi connectivity index (χ2v) is 18.8. The molecular formula is C64H45N3O. The van der Waals surface area contributed by atoms with Gasteiger partial charge >= 0.3 is 0 Å². The predicted molar refractivity (Wildman–Crippen MR) is 280 cm³/mol. The molecule has 1 spiro atoms. The van der Waals surface area contributed by atoms with Crippen LogP contribution in [0.15, 0.2) is 217 Å². The van der Waals surface area contributed by atoms with Gasteiger partial charge in [-0.15, -0.1) is 0 Å². The number of para-hydroxylation sites is 1. The number of aromatic nitrogens is 3. The SMILES string of the molecule is c1ccc(-c2ccc(-c3nc(-c4ccccc4)cc(-c4cccc(-c5ccc6c7cc8c(cc7n(-c7ccc9c(c7)oc7ccccc79)c6c5)-c5ccccc5C85CCCCC5)c4)n3)cc2)cc1. The molecule has 0 aliphatic heterocycles. The van der Waals surface area contributed by atoms with Gasteiger partial charge in [-0.05, 0) is 106 Å². The topological polar surface area (TPSA) is 43.9 Å². The Labute approximate surface area is 394 Å². The highest BCUT2D eigenvalue weighted by molar-refractivity contribution is 6.13. The molecule has 322 valence electrons. The average molecular weight is 872 g/mol. The largest absolute Gasteiger partial charge is 0.456 e. The number of hydrogen-bond acceptors (Lipinski definition) is 3. The van der Waals surface area contributed by atoms with Crippen molar-refractivity contribution in [3.8, 4) is 73.0 Å². The predicted octanol–water partition coefficient (Wildman–Crippen LogP) is 17.0. The Morgan fingerprint density at radius 1 is 0.368 bits per heavy atom.